The van der Waals surface area contributed by atoms with Crippen molar-refractivity contribution in [3.8, 4) is 55.6 Å². The van der Waals surface area contributed by atoms with E-state index < -0.39 is 0 Å². The molecular weight excluding hydrogens is 735 g/mol. The fraction of sp³-hybridized carbons (Fsp3) is 0.0690. The monoisotopic (exact) mass is 780 g/mol. The second-order valence-corrected chi connectivity index (χ2v) is 17.4. The minimum absolute atomic E-state index is 0.0943. The van der Waals surface area contributed by atoms with E-state index in [4.69, 9.17) is 0 Å². The fourth-order valence-corrected chi connectivity index (χ4v) is 9.46. The van der Waals surface area contributed by atoms with Crippen LogP contribution in [0.5, 0.6) is 0 Å². The second kappa shape index (κ2) is 14.7. The molecule has 0 aromatic heterocycles. The molecule has 2 aliphatic heterocycles. The van der Waals surface area contributed by atoms with Crippen LogP contribution in [0.1, 0.15) is 26.3 Å². The first-order chi connectivity index (χ1) is 29.9. The van der Waals surface area contributed by atoms with E-state index in [1.54, 1.807) is 0 Å². The Balaban J connectivity index is 1.20. The molecule has 2 nitrogen and oxygen atoms in total. The van der Waals surface area contributed by atoms with Gasteiger partial charge >= 0.3 is 6.85 Å². The zero-order valence-electron chi connectivity index (χ0n) is 34.8. The molecule has 0 amide bonds. The van der Waals surface area contributed by atoms with Gasteiger partial charge in [-0.1, -0.05) is 191 Å². The van der Waals surface area contributed by atoms with Gasteiger partial charge in [-0.2, -0.15) is 0 Å². The summed E-state index contributed by atoms with van der Waals surface area (Å²) in [4.78, 5) is 5.15. The van der Waals surface area contributed by atoms with Crippen LogP contribution in [0.25, 0.3) is 55.6 Å². The summed E-state index contributed by atoms with van der Waals surface area (Å²) < 4.78 is 0. The number of benzene rings is 9. The first kappa shape index (κ1) is 36.7. The number of hydrogen-bond acceptors (Lipinski definition) is 2. The van der Waals surface area contributed by atoms with Crippen LogP contribution in [-0.4, -0.2) is 6.85 Å². The fourth-order valence-electron chi connectivity index (χ4n) is 9.46. The average molecular weight is 781 g/mol. The van der Waals surface area contributed by atoms with E-state index in [-0.39, 0.29) is 12.3 Å². The van der Waals surface area contributed by atoms with E-state index >= 15 is 0 Å². The SMILES string of the molecule is CC(C)(C)c1cc2c3c(c1)N(c1ccc(-c4ccccc4)cc1)c1ccc(-c4ccccc4)cc1B3N(c1ccc(-c3ccccc3)cc1)c1ccc(-c3ccccc3)cc1-2. The number of nitrogens with zero attached hydrogens (tertiary/aromatic N) is 2. The van der Waals surface area contributed by atoms with Crippen LogP contribution in [0.15, 0.2) is 218 Å². The van der Waals surface area contributed by atoms with E-state index in [1.165, 1.54) is 89.2 Å². The predicted molar refractivity (Wildman–Crippen MR) is 261 cm³/mol. The summed E-state index contributed by atoms with van der Waals surface area (Å²) in [6.07, 6.45) is 0. The van der Waals surface area contributed by atoms with Crippen molar-refractivity contribution >= 4 is 46.2 Å². The van der Waals surface area contributed by atoms with Crippen LogP contribution in [0.3, 0.4) is 0 Å². The van der Waals surface area contributed by atoms with Crippen LogP contribution >= 0.6 is 0 Å². The molecule has 290 valence electrons. The molecule has 0 unspecified atom stereocenters. The third-order valence-corrected chi connectivity index (χ3v) is 12.6. The molecule has 0 atom stereocenters. The Morgan fingerprint density at radius 1 is 0.344 bits per heavy atom. The van der Waals surface area contributed by atoms with Gasteiger partial charge in [-0.15, -0.1) is 0 Å². The van der Waals surface area contributed by atoms with Gasteiger partial charge in [0.05, 0.1) is 0 Å². The molecule has 0 spiro atoms. The molecule has 2 aliphatic rings. The highest BCUT2D eigenvalue weighted by molar-refractivity contribution is 6.93. The van der Waals surface area contributed by atoms with Crippen molar-refractivity contribution in [1.82, 2.24) is 0 Å². The molecule has 0 saturated heterocycles. The molecule has 11 rings (SSSR count). The van der Waals surface area contributed by atoms with Crippen molar-refractivity contribution in [3.63, 3.8) is 0 Å². The molecule has 0 saturated carbocycles. The number of anilines is 5. The summed E-state index contributed by atoms with van der Waals surface area (Å²) in [6, 6.07) is 80.6. The van der Waals surface area contributed by atoms with Crippen LogP contribution < -0.4 is 20.6 Å². The second-order valence-electron chi connectivity index (χ2n) is 17.4. The predicted octanol–water partition coefficient (Wildman–Crippen LogP) is 14.4. The van der Waals surface area contributed by atoms with Crippen LogP contribution in [-0.2, 0) is 5.41 Å². The minimum atomic E-state index is -0.102. The van der Waals surface area contributed by atoms with Crippen LogP contribution in [0, 0.1) is 0 Å². The third kappa shape index (κ3) is 6.45. The van der Waals surface area contributed by atoms with E-state index in [2.05, 4.69) is 249 Å². The summed E-state index contributed by atoms with van der Waals surface area (Å²) >= 11 is 0. The lowest BCUT2D eigenvalue weighted by atomic mass is 9.43. The van der Waals surface area contributed by atoms with Gasteiger partial charge in [-0.25, -0.2) is 0 Å². The van der Waals surface area contributed by atoms with Gasteiger partial charge in [0, 0.05) is 34.0 Å². The molecule has 0 radical (unpaired) electrons. The maximum absolute atomic E-state index is 2.62. The molecule has 61 heavy (non-hydrogen) atoms. The van der Waals surface area contributed by atoms with E-state index in [9.17, 15) is 0 Å². The largest absolute Gasteiger partial charge is 0.376 e. The first-order valence-corrected chi connectivity index (χ1v) is 21.4. The van der Waals surface area contributed by atoms with E-state index in [0.29, 0.717) is 0 Å². The van der Waals surface area contributed by atoms with Crippen molar-refractivity contribution in [1.29, 1.82) is 0 Å². The van der Waals surface area contributed by atoms with Gasteiger partial charge in [0.2, 0.25) is 0 Å². The number of rotatable bonds is 6. The van der Waals surface area contributed by atoms with Crippen molar-refractivity contribution in [3.05, 3.63) is 224 Å². The van der Waals surface area contributed by atoms with Crippen LogP contribution in [0.4, 0.5) is 28.4 Å². The summed E-state index contributed by atoms with van der Waals surface area (Å²) in [7, 11) is 0. The average Bonchev–Trinajstić information content (AvgIpc) is 3.32. The van der Waals surface area contributed by atoms with Gasteiger partial charge in [-0.3, -0.25) is 0 Å². The maximum atomic E-state index is 2.62. The van der Waals surface area contributed by atoms with Gasteiger partial charge in [0.15, 0.2) is 0 Å². The Labute approximate surface area is 360 Å². The highest BCUT2D eigenvalue weighted by atomic mass is 15.2. The zero-order chi connectivity index (χ0) is 41.1. The number of hydrogen-bond donors (Lipinski definition) is 0. The standard InChI is InChI=1S/C58H45BN2/c1-58(2,3)48-38-52-51-36-46(42-20-12-6-13-21-42)28-34-54(51)61(50-32-26-45(27-33-50)41-18-10-5-11-19-41)59-53-37-47(43-22-14-7-15-23-43)29-35-55(53)60(56(39-48)57(52)59)49-30-24-44(25-31-49)40-16-8-4-9-17-40/h4-39H,1-3H3. The quantitative estimate of drug-likeness (QED) is 0.155. The van der Waals surface area contributed by atoms with Gasteiger partial charge in [-0.05, 0) is 121 Å². The lowest BCUT2D eigenvalue weighted by Gasteiger charge is -2.46. The highest BCUT2D eigenvalue weighted by Gasteiger charge is 2.46. The molecule has 9 aromatic carbocycles. The van der Waals surface area contributed by atoms with Gasteiger partial charge in [0.1, 0.15) is 0 Å². The molecule has 3 heteroatoms. The van der Waals surface area contributed by atoms with E-state index in [0.717, 1.165) is 11.4 Å². The first-order valence-electron chi connectivity index (χ1n) is 21.4. The van der Waals surface area contributed by atoms with Crippen molar-refractivity contribution in [2.75, 3.05) is 9.71 Å². The smallest absolute Gasteiger partial charge is 0.333 e. The maximum Gasteiger partial charge on any atom is 0.333 e. The molecule has 2 heterocycles. The minimum Gasteiger partial charge on any atom is -0.376 e. The zero-order valence-corrected chi connectivity index (χ0v) is 34.8. The molecule has 0 N–H and O–H groups in total. The summed E-state index contributed by atoms with van der Waals surface area (Å²) in [6.45, 7) is 6.91. The topological polar surface area (TPSA) is 6.48 Å². The van der Waals surface area contributed by atoms with Crippen molar-refractivity contribution in [2.45, 2.75) is 26.2 Å². The Bertz CT molecular complexity index is 3030. The summed E-state index contributed by atoms with van der Waals surface area (Å²) in [5.74, 6) is 0. The van der Waals surface area contributed by atoms with Gasteiger partial charge < -0.3 is 9.71 Å². The Morgan fingerprint density at radius 2 is 0.770 bits per heavy atom. The Kier molecular flexibility index (Phi) is 8.86. The van der Waals surface area contributed by atoms with Gasteiger partial charge in [0.25, 0.3) is 0 Å². The third-order valence-electron chi connectivity index (χ3n) is 12.6. The normalized spacial score (nSPS) is 12.7. The summed E-state index contributed by atoms with van der Waals surface area (Å²) in [5, 5.41) is 0. The van der Waals surface area contributed by atoms with E-state index in [1.807, 2.05) is 0 Å². The lowest BCUT2D eigenvalue weighted by molar-refractivity contribution is 0.590. The van der Waals surface area contributed by atoms with Crippen LogP contribution in [0.2, 0.25) is 0 Å². The Morgan fingerprint density at radius 3 is 1.28 bits per heavy atom. The number of fused-ring (bicyclic) bond motifs is 4. The Hall–Kier alpha value is -7.36. The summed E-state index contributed by atoms with van der Waals surface area (Å²) in [5.41, 5.74) is 22.0. The lowest BCUT2D eigenvalue weighted by Crippen LogP contribution is -2.61. The molecule has 9 aromatic rings. The van der Waals surface area contributed by atoms with Crippen molar-refractivity contribution < 1.29 is 0 Å². The molecule has 0 bridgehead atoms. The van der Waals surface area contributed by atoms with Crippen molar-refractivity contribution in [2.24, 2.45) is 0 Å². The molecular formula is C58H45BN2. The highest BCUT2D eigenvalue weighted by Crippen LogP contribution is 2.49. The molecule has 0 fully saturated rings. The molecule has 0 aliphatic carbocycles.